The number of carbonyl (C=O) groups is 1. The summed E-state index contributed by atoms with van der Waals surface area (Å²) < 4.78 is 7.54. The molecular weight excluding hydrogens is 326 g/mol. The first-order valence-corrected chi connectivity index (χ1v) is 9.06. The molecule has 7 heteroatoms. The molecule has 2 aromatic heterocycles. The van der Waals surface area contributed by atoms with E-state index in [0.717, 1.165) is 11.4 Å². The molecule has 0 bridgehead atoms. The average Bonchev–Trinajstić information content (AvgIpc) is 3.29. The molecular formula is C17H23N3O3S. The van der Waals surface area contributed by atoms with Crippen molar-refractivity contribution in [3.63, 3.8) is 0 Å². The number of morpholine rings is 1. The molecule has 0 spiro atoms. The molecule has 2 N–H and O–H groups in total. The van der Waals surface area contributed by atoms with Crippen LogP contribution in [0.1, 0.15) is 17.4 Å². The minimum absolute atomic E-state index is 0.0890. The number of aliphatic hydroxyl groups excluding tert-OH is 1. The first-order chi connectivity index (χ1) is 11.7. The van der Waals surface area contributed by atoms with Gasteiger partial charge in [0, 0.05) is 43.3 Å². The van der Waals surface area contributed by atoms with Crippen molar-refractivity contribution in [3.05, 3.63) is 46.9 Å². The Morgan fingerprint density at radius 1 is 1.42 bits per heavy atom. The van der Waals surface area contributed by atoms with Crippen LogP contribution in [-0.2, 0) is 11.3 Å². The van der Waals surface area contributed by atoms with Gasteiger partial charge in [-0.3, -0.25) is 0 Å². The summed E-state index contributed by atoms with van der Waals surface area (Å²) in [6.45, 7) is 2.87. The zero-order valence-corrected chi connectivity index (χ0v) is 14.3. The van der Waals surface area contributed by atoms with Crippen LogP contribution >= 0.6 is 11.3 Å². The van der Waals surface area contributed by atoms with Crippen LogP contribution in [0, 0.1) is 0 Å². The van der Waals surface area contributed by atoms with E-state index in [4.69, 9.17) is 4.74 Å². The first kappa shape index (κ1) is 17.0. The van der Waals surface area contributed by atoms with Crippen LogP contribution in [0.4, 0.5) is 4.79 Å². The van der Waals surface area contributed by atoms with Gasteiger partial charge in [-0.2, -0.15) is 0 Å². The zero-order valence-electron chi connectivity index (χ0n) is 13.5. The third kappa shape index (κ3) is 4.37. The number of nitrogens with zero attached hydrogens (tertiary/aromatic N) is 2. The number of carbonyl (C=O) groups excluding carboxylic acids is 1. The number of aromatic nitrogens is 1. The molecule has 2 unspecified atom stereocenters. The van der Waals surface area contributed by atoms with Gasteiger partial charge in [0.25, 0.3) is 0 Å². The monoisotopic (exact) mass is 349 g/mol. The van der Waals surface area contributed by atoms with E-state index in [2.05, 4.69) is 5.32 Å². The largest absolute Gasteiger partial charge is 0.387 e. The van der Waals surface area contributed by atoms with Crippen LogP contribution < -0.4 is 5.32 Å². The van der Waals surface area contributed by atoms with Gasteiger partial charge in [0.15, 0.2) is 0 Å². The molecule has 3 heterocycles. The maximum atomic E-state index is 12.5. The molecule has 1 fully saturated rings. The molecule has 2 atom stereocenters. The standard InChI is InChI=1S/C17H23N3O3S/c21-15(16-4-3-11-24-16)12-14-13-23-10-9-20(14)17(22)18-5-8-19-6-1-2-7-19/h1-4,6-7,11,14-15,21H,5,8-10,12-13H2,(H,18,22). The van der Waals surface area contributed by atoms with Gasteiger partial charge >= 0.3 is 6.03 Å². The number of thiophene rings is 1. The van der Waals surface area contributed by atoms with Crippen LogP contribution in [0.2, 0.25) is 0 Å². The molecule has 1 aliphatic rings. The lowest BCUT2D eigenvalue weighted by Gasteiger charge is -2.36. The highest BCUT2D eigenvalue weighted by Crippen LogP contribution is 2.25. The summed E-state index contributed by atoms with van der Waals surface area (Å²) in [5, 5.41) is 15.3. The van der Waals surface area contributed by atoms with Crippen molar-refractivity contribution in [1.82, 2.24) is 14.8 Å². The van der Waals surface area contributed by atoms with Crippen LogP contribution in [0.5, 0.6) is 0 Å². The van der Waals surface area contributed by atoms with Crippen LogP contribution in [0.3, 0.4) is 0 Å². The highest BCUT2D eigenvalue weighted by molar-refractivity contribution is 7.10. The van der Waals surface area contributed by atoms with Gasteiger partial charge in [-0.05, 0) is 23.6 Å². The third-order valence-electron chi connectivity index (χ3n) is 4.17. The molecule has 0 aromatic carbocycles. The van der Waals surface area contributed by atoms with Gasteiger partial charge in [0.05, 0.1) is 25.4 Å². The third-order valence-corrected chi connectivity index (χ3v) is 5.14. The Hall–Kier alpha value is -1.83. The molecule has 130 valence electrons. The number of aliphatic hydroxyl groups is 1. The van der Waals surface area contributed by atoms with Crippen molar-refractivity contribution in [1.29, 1.82) is 0 Å². The number of hydrogen-bond acceptors (Lipinski definition) is 4. The highest BCUT2D eigenvalue weighted by Gasteiger charge is 2.29. The van der Waals surface area contributed by atoms with E-state index in [0.29, 0.717) is 32.7 Å². The van der Waals surface area contributed by atoms with Gasteiger partial charge < -0.3 is 24.6 Å². The van der Waals surface area contributed by atoms with Crippen molar-refractivity contribution in [3.8, 4) is 0 Å². The van der Waals surface area contributed by atoms with Crippen LogP contribution in [0.25, 0.3) is 0 Å². The van der Waals surface area contributed by atoms with Crippen molar-refractivity contribution < 1.29 is 14.6 Å². The normalized spacial score (nSPS) is 19.2. The molecule has 0 aliphatic carbocycles. The number of ether oxygens (including phenoxy) is 1. The number of hydrogen-bond donors (Lipinski definition) is 2. The smallest absolute Gasteiger partial charge is 0.317 e. The van der Waals surface area contributed by atoms with Crippen molar-refractivity contribution >= 4 is 17.4 Å². The fourth-order valence-electron chi connectivity index (χ4n) is 2.88. The molecule has 2 amide bonds. The number of amides is 2. The Morgan fingerprint density at radius 2 is 2.25 bits per heavy atom. The summed E-state index contributed by atoms with van der Waals surface area (Å²) in [4.78, 5) is 15.2. The molecule has 1 aliphatic heterocycles. The van der Waals surface area contributed by atoms with E-state index in [-0.39, 0.29) is 12.1 Å². The minimum atomic E-state index is -0.563. The van der Waals surface area contributed by atoms with E-state index >= 15 is 0 Å². The molecule has 24 heavy (non-hydrogen) atoms. The number of nitrogens with one attached hydrogen (secondary N) is 1. The Labute approximate surface area is 145 Å². The zero-order chi connectivity index (χ0) is 16.8. The van der Waals surface area contributed by atoms with Crippen molar-refractivity contribution in [2.45, 2.75) is 25.1 Å². The summed E-state index contributed by atoms with van der Waals surface area (Å²) in [6.07, 6.45) is 3.88. The fraction of sp³-hybridized carbons (Fsp3) is 0.471. The molecule has 1 saturated heterocycles. The second-order valence-corrected chi connectivity index (χ2v) is 6.82. The van der Waals surface area contributed by atoms with E-state index in [1.54, 1.807) is 4.90 Å². The summed E-state index contributed by atoms with van der Waals surface area (Å²) >= 11 is 1.53. The number of rotatable bonds is 6. The second-order valence-electron chi connectivity index (χ2n) is 5.84. The number of urea groups is 1. The highest BCUT2D eigenvalue weighted by atomic mass is 32.1. The summed E-state index contributed by atoms with van der Waals surface area (Å²) in [5.41, 5.74) is 0. The van der Waals surface area contributed by atoms with Gasteiger partial charge in [-0.15, -0.1) is 11.3 Å². The van der Waals surface area contributed by atoms with E-state index < -0.39 is 6.10 Å². The lowest BCUT2D eigenvalue weighted by atomic mass is 10.1. The van der Waals surface area contributed by atoms with Gasteiger partial charge in [0.2, 0.25) is 0 Å². The summed E-state index contributed by atoms with van der Waals surface area (Å²) in [5.74, 6) is 0. The molecule has 0 saturated carbocycles. The maximum Gasteiger partial charge on any atom is 0.317 e. The second kappa shape index (κ2) is 8.32. The first-order valence-electron chi connectivity index (χ1n) is 8.18. The summed E-state index contributed by atoms with van der Waals surface area (Å²) in [7, 11) is 0. The van der Waals surface area contributed by atoms with Crippen molar-refractivity contribution in [2.75, 3.05) is 26.3 Å². The predicted molar refractivity (Wildman–Crippen MR) is 93.0 cm³/mol. The minimum Gasteiger partial charge on any atom is -0.387 e. The predicted octanol–water partition coefficient (Wildman–Crippen LogP) is 2.08. The van der Waals surface area contributed by atoms with E-state index in [1.165, 1.54) is 11.3 Å². The molecule has 0 radical (unpaired) electrons. The maximum absolute atomic E-state index is 12.5. The molecule has 3 rings (SSSR count). The molecule has 2 aromatic rings. The lowest BCUT2D eigenvalue weighted by molar-refractivity contribution is -0.00647. The lowest BCUT2D eigenvalue weighted by Crippen LogP contribution is -2.53. The quantitative estimate of drug-likeness (QED) is 0.839. The van der Waals surface area contributed by atoms with E-state index in [9.17, 15) is 9.90 Å². The molecule has 6 nitrogen and oxygen atoms in total. The Kier molecular flexibility index (Phi) is 5.90. The van der Waals surface area contributed by atoms with E-state index in [1.807, 2.05) is 46.6 Å². The SMILES string of the molecule is O=C(NCCn1cccc1)N1CCOCC1CC(O)c1cccs1. The Morgan fingerprint density at radius 3 is 3.00 bits per heavy atom. The fourth-order valence-corrected chi connectivity index (χ4v) is 3.61. The van der Waals surface area contributed by atoms with Gasteiger partial charge in [-0.25, -0.2) is 4.79 Å². The van der Waals surface area contributed by atoms with Gasteiger partial charge in [-0.1, -0.05) is 6.07 Å². The average molecular weight is 349 g/mol. The van der Waals surface area contributed by atoms with Gasteiger partial charge in [0.1, 0.15) is 0 Å². The summed E-state index contributed by atoms with van der Waals surface area (Å²) in [6, 6.07) is 7.57. The van der Waals surface area contributed by atoms with Crippen LogP contribution in [0.15, 0.2) is 42.0 Å². The van der Waals surface area contributed by atoms with Crippen LogP contribution in [-0.4, -0.2) is 52.9 Å². The topological polar surface area (TPSA) is 66.7 Å². The Balaban J connectivity index is 1.52. The van der Waals surface area contributed by atoms with Crippen molar-refractivity contribution in [2.24, 2.45) is 0 Å². The Bertz CT molecular complexity index is 615.